The van der Waals surface area contributed by atoms with Gasteiger partial charge in [-0.1, -0.05) is 6.07 Å². The first-order chi connectivity index (χ1) is 9.16. The fourth-order valence-corrected chi connectivity index (χ4v) is 3.20. The Labute approximate surface area is 115 Å². The van der Waals surface area contributed by atoms with Gasteiger partial charge in [0.25, 0.3) is 0 Å². The quantitative estimate of drug-likeness (QED) is 0.844. The molecular weight excluding hydrogens is 260 g/mol. The summed E-state index contributed by atoms with van der Waals surface area (Å²) in [5.74, 6) is 2.92. The molecule has 3 heterocycles. The monoisotopic (exact) mass is 274 g/mol. The molecular formula is C14H14N2O2S. The van der Waals surface area contributed by atoms with Crippen molar-refractivity contribution in [2.45, 2.75) is 19.2 Å². The molecule has 0 saturated carbocycles. The lowest BCUT2D eigenvalue weighted by molar-refractivity contribution is -0.115. The second-order valence-electron chi connectivity index (χ2n) is 4.50. The Morgan fingerprint density at radius 2 is 2.26 bits per heavy atom. The normalized spacial score (nSPS) is 19.2. The second kappa shape index (κ2) is 4.74. The molecule has 1 aliphatic heterocycles. The first kappa shape index (κ1) is 12.3. The van der Waals surface area contributed by atoms with E-state index < -0.39 is 0 Å². The molecule has 98 valence electrons. The van der Waals surface area contributed by atoms with Crippen LogP contribution < -0.4 is 4.90 Å². The summed E-state index contributed by atoms with van der Waals surface area (Å²) >= 11 is 1.57. The van der Waals surface area contributed by atoms with Gasteiger partial charge in [0.1, 0.15) is 22.7 Å². The Kier molecular flexibility index (Phi) is 3.06. The molecule has 1 fully saturated rings. The highest BCUT2D eigenvalue weighted by atomic mass is 32.2. The van der Waals surface area contributed by atoms with Crippen LogP contribution in [-0.2, 0) is 4.79 Å². The summed E-state index contributed by atoms with van der Waals surface area (Å²) in [6.07, 6.45) is 1.70. The number of thioether (sulfide) groups is 1. The molecule has 3 rings (SSSR count). The molecule has 0 bridgehead atoms. The van der Waals surface area contributed by atoms with Gasteiger partial charge in [-0.2, -0.15) is 0 Å². The minimum Gasteiger partial charge on any atom is -0.463 e. The molecule has 1 atom stereocenters. The number of amides is 1. The maximum atomic E-state index is 12.1. The van der Waals surface area contributed by atoms with Crippen LogP contribution in [0.5, 0.6) is 0 Å². The highest BCUT2D eigenvalue weighted by molar-refractivity contribution is 8.00. The lowest BCUT2D eigenvalue weighted by Crippen LogP contribution is -2.28. The third kappa shape index (κ3) is 2.14. The standard InChI is InChI=1S/C14H14N2O2S/c1-9-7-11(18-10(9)2)14-16(13(17)8-19-14)12-5-3-4-6-15-12/h3-7,14H,8H2,1-2H3. The van der Waals surface area contributed by atoms with E-state index >= 15 is 0 Å². The Bertz CT molecular complexity index is 590. The van der Waals surface area contributed by atoms with E-state index in [0.29, 0.717) is 11.6 Å². The van der Waals surface area contributed by atoms with E-state index in [0.717, 1.165) is 17.1 Å². The molecule has 19 heavy (non-hydrogen) atoms. The van der Waals surface area contributed by atoms with Crippen LogP contribution in [0.25, 0.3) is 0 Å². The lowest BCUT2D eigenvalue weighted by Gasteiger charge is -2.20. The van der Waals surface area contributed by atoms with Gasteiger partial charge in [-0.3, -0.25) is 9.69 Å². The van der Waals surface area contributed by atoms with Gasteiger partial charge in [0, 0.05) is 6.20 Å². The maximum absolute atomic E-state index is 12.1. The van der Waals surface area contributed by atoms with Crippen molar-refractivity contribution in [3.05, 3.63) is 47.5 Å². The van der Waals surface area contributed by atoms with Crippen molar-refractivity contribution >= 4 is 23.5 Å². The fourth-order valence-electron chi connectivity index (χ4n) is 2.10. The van der Waals surface area contributed by atoms with Gasteiger partial charge < -0.3 is 4.42 Å². The average Bonchev–Trinajstić information content (AvgIpc) is 2.95. The third-order valence-electron chi connectivity index (χ3n) is 3.19. The molecule has 1 saturated heterocycles. The molecule has 4 nitrogen and oxygen atoms in total. The number of carbonyl (C=O) groups excluding carboxylic acids is 1. The van der Waals surface area contributed by atoms with Crippen LogP contribution in [0.1, 0.15) is 22.5 Å². The first-order valence-electron chi connectivity index (χ1n) is 6.08. The molecule has 5 heteroatoms. The van der Waals surface area contributed by atoms with E-state index in [-0.39, 0.29) is 11.3 Å². The Morgan fingerprint density at radius 1 is 1.42 bits per heavy atom. The summed E-state index contributed by atoms with van der Waals surface area (Å²) in [7, 11) is 0. The van der Waals surface area contributed by atoms with Crippen molar-refractivity contribution in [2.24, 2.45) is 0 Å². The summed E-state index contributed by atoms with van der Waals surface area (Å²) in [5.41, 5.74) is 1.11. The van der Waals surface area contributed by atoms with Gasteiger partial charge in [0.05, 0.1) is 5.75 Å². The van der Waals surface area contributed by atoms with Crippen LogP contribution >= 0.6 is 11.8 Å². The summed E-state index contributed by atoms with van der Waals surface area (Å²) in [5, 5.41) is -0.116. The molecule has 0 radical (unpaired) electrons. The van der Waals surface area contributed by atoms with Crippen LogP contribution in [0.3, 0.4) is 0 Å². The van der Waals surface area contributed by atoms with Crippen LogP contribution in [0.4, 0.5) is 5.82 Å². The van der Waals surface area contributed by atoms with E-state index in [1.54, 1.807) is 22.9 Å². The summed E-state index contributed by atoms with van der Waals surface area (Å²) in [6.45, 7) is 3.94. The van der Waals surface area contributed by atoms with Crippen molar-refractivity contribution in [3.63, 3.8) is 0 Å². The van der Waals surface area contributed by atoms with Crippen LogP contribution in [0, 0.1) is 13.8 Å². The van der Waals surface area contributed by atoms with Crippen molar-refractivity contribution in [2.75, 3.05) is 10.7 Å². The highest BCUT2D eigenvalue weighted by Gasteiger charge is 2.36. The molecule has 0 aromatic carbocycles. The first-order valence-corrected chi connectivity index (χ1v) is 7.13. The highest BCUT2D eigenvalue weighted by Crippen LogP contribution is 2.41. The van der Waals surface area contributed by atoms with E-state index in [1.165, 1.54) is 0 Å². The molecule has 2 aromatic heterocycles. The molecule has 2 aromatic rings. The van der Waals surface area contributed by atoms with Gasteiger partial charge >= 0.3 is 0 Å². The average molecular weight is 274 g/mol. The molecule has 0 aliphatic carbocycles. The van der Waals surface area contributed by atoms with Gasteiger partial charge in [-0.15, -0.1) is 11.8 Å². The van der Waals surface area contributed by atoms with Gasteiger partial charge in [-0.05, 0) is 37.6 Å². The van der Waals surface area contributed by atoms with E-state index in [1.807, 2.05) is 38.1 Å². The number of carbonyl (C=O) groups is 1. The van der Waals surface area contributed by atoms with Gasteiger partial charge in [-0.25, -0.2) is 4.98 Å². The largest absolute Gasteiger partial charge is 0.463 e. The molecule has 1 unspecified atom stereocenters. The number of nitrogens with zero attached hydrogens (tertiary/aromatic N) is 2. The lowest BCUT2D eigenvalue weighted by atomic mass is 10.2. The van der Waals surface area contributed by atoms with Crippen LogP contribution in [0.2, 0.25) is 0 Å². The minimum atomic E-state index is -0.116. The van der Waals surface area contributed by atoms with Gasteiger partial charge in [0.15, 0.2) is 0 Å². The topological polar surface area (TPSA) is 46.3 Å². The van der Waals surface area contributed by atoms with Crippen molar-refractivity contribution < 1.29 is 9.21 Å². The van der Waals surface area contributed by atoms with Gasteiger partial charge in [0.2, 0.25) is 5.91 Å². The Morgan fingerprint density at radius 3 is 2.89 bits per heavy atom. The molecule has 1 amide bonds. The van der Waals surface area contributed by atoms with Crippen molar-refractivity contribution in [1.29, 1.82) is 0 Å². The smallest absolute Gasteiger partial charge is 0.239 e. The van der Waals surface area contributed by atoms with E-state index in [9.17, 15) is 4.79 Å². The fraction of sp³-hybridized carbons (Fsp3) is 0.286. The molecule has 0 spiro atoms. The maximum Gasteiger partial charge on any atom is 0.239 e. The van der Waals surface area contributed by atoms with E-state index in [2.05, 4.69) is 4.98 Å². The number of aryl methyl sites for hydroxylation is 2. The number of aromatic nitrogens is 1. The summed E-state index contributed by atoms with van der Waals surface area (Å²) in [6, 6.07) is 7.57. The third-order valence-corrected chi connectivity index (χ3v) is 4.36. The number of hydrogen-bond acceptors (Lipinski definition) is 4. The zero-order valence-electron chi connectivity index (χ0n) is 10.8. The Balaban J connectivity index is 1.99. The summed E-state index contributed by atoms with van der Waals surface area (Å²) < 4.78 is 5.76. The molecule has 0 N–H and O–H groups in total. The number of rotatable bonds is 2. The predicted octanol–water partition coefficient (Wildman–Crippen LogP) is 3.07. The zero-order valence-corrected chi connectivity index (χ0v) is 11.6. The number of hydrogen-bond donors (Lipinski definition) is 0. The van der Waals surface area contributed by atoms with Crippen molar-refractivity contribution in [1.82, 2.24) is 4.98 Å². The SMILES string of the molecule is Cc1cc(C2SCC(=O)N2c2ccccn2)oc1C. The van der Waals surface area contributed by atoms with Crippen molar-refractivity contribution in [3.8, 4) is 0 Å². The number of anilines is 1. The molecule has 1 aliphatic rings. The van der Waals surface area contributed by atoms with E-state index in [4.69, 9.17) is 4.42 Å². The van der Waals surface area contributed by atoms with Crippen LogP contribution in [0.15, 0.2) is 34.9 Å². The predicted molar refractivity (Wildman–Crippen MR) is 75.1 cm³/mol. The number of pyridine rings is 1. The van der Waals surface area contributed by atoms with Crippen LogP contribution in [-0.4, -0.2) is 16.6 Å². The summed E-state index contributed by atoms with van der Waals surface area (Å²) in [4.78, 5) is 18.1. The zero-order chi connectivity index (χ0) is 13.4. The second-order valence-corrected chi connectivity index (χ2v) is 5.57. The Hall–Kier alpha value is -1.75. The number of furan rings is 1. The minimum absolute atomic E-state index is 0.0698.